The number of benzene rings is 2. The fraction of sp³-hybridized carbons (Fsp3) is 0.292. The van der Waals surface area contributed by atoms with Crippen molar-refractivity contribution in [2.75, 3.05) is 6.54 Å². The highest BCUT2D eigenvalue weighted by Crippen LogP contribution is 2.24. The summed E-state index contributed by atoms with van der Waals surface area (Å²) in [4.78, 5) is 15.1. The van der Waals surface area contributed by atoms with Crippen LogP contribution in [0.5, 0.6) is 0 Å². The van der Waals surface area contributed by atoms with Crippen LogP contribution < -0.4 is 0 Å². The molecule has 2 aromatic carbocycles. The first kappa shape index (κ1) is 22.4. The average molecular weight is 447 g/mol. The highest BCUT2D eigenvalue weighted by molar-refractivity contribution is 6.42. The minimum Gasteiger partial charge on any atom is -0.345 e. The van der Waals surface area contributed by atoms with Gasteiger partial charge in [-0.3, -0.25) is 4.79 Å². The molecule has 158 valence electrons. The van der Waals surface area contributed by atoms with Gasteiger partial charge in [-0.1, -0.05) is 55.1 Å². The first-order valence-electron chi connectivity index (χ1n) is 10.1. The molecule has 0 fully saturated rings. The highest BCUT2D eigenvalue weighted by Gasteiger charge is 2.18. The second kappa shape index (κ2) is 10.6. The first-order valence-corrected chi connectivity index (χ1v) is 10.9. The van der Waals surface area contributed by atoms with Gasteiger partial charge < -0.3 is 9.47 Å². The molecule has 0 radical (unpaired) electrons. The van der Waals surface area contributed by atoms with Crippen molar-refractivity contribution >= 4 is 29.1 Å². The second-order valence-corrected chi connectivity index (χ2v) is 8.13. The minimum absolute atomic E-state index is 0.0702. The molecule has 1 aromatic heterocycles. The van der Waals surface area contributed by atoms with Gasteiger partial charge in [-0.05, 0) is 54.4 Å². The highest BCUT2D eigenvalue weighted by atomic mass is 35.5. The van der Waals surface area contributed by atoms with Gasteiger partial charge >= 0.3 is 0 Å². The van der Waals surface area contributed by atoms with E-state index in [0.29, 0.717) is 35.2 Å². The SMILES string of the molecule is CCCCCN(Cc1cccn1Cc1ccc(F)cc1)C(=O)c1ccc(Cl)c(Cl)c1. The molecule has 0 atom stereocenters. The molecule has 6 heteroatoms. The van der Waals surface area contributed by atoms with Gasteiger partial charge in [0.1, 0.15) is 5.82 Å². The molecule has 1 amide bonds. The Labute approximate surface area is 187 Å². The van der Waals surface area contributed by atoms with E-state index in [9.17, 15) is 9.18 Å². The molecule has 3 nitrogen and oxygen atoms in total. The van der Waals surface area contributed by atoms with E-state index in [1.165, 1.54) is 12.1 Å². The topological polar surface area (TPSA) is 25.2 Å². The van der Waals surface area contributed by atoms with Crippen LogP contribution in [-0.2, 0) is 13.1 Å². The number of unbranched alkanes of at least 4 members (excludes halogenated alkanes) is 2. The summed E-state index contributed by atoms with van der Waals surface area (Å²) < 4.78 is 15.3. The largest absolute Gasteiger partial charge is 0.345 e. The van der Waals surface area contributed by atoms with E-state index in [4.69, 9.17) is 23.2 Å². The van der Waals surface area contributed by atoms with Gasteiger partial charge in [-0.25, -0.2) is 4.39 Å². The average Bonchev–Trinajstić information content (AvgIpc) is 3.17. The lowest BCUT2D eigenvalue weighted by molar-refractivity contribution is 0.0736. The number of nitrogens with zero attached hydrogens (tertiary/aromatic N) is 2. The Kier molecular flexibility index (Phi) is 7.94. The molecule has 30 heavy (non-hydrogen) atoms. The lowest BCUT2D eigenvalue weighted by atomic mass is 10.1. The maximum absolute atomic E-state index is 13.2. The molecule has 1 heterocycles. The number of hydrogen-bond acceptors (Lipinski definition) is 1. The predicted octanol–water partition coefficient (Wildman–Crippen LogP) is 6.81. The number of rotatable bonds is 9. The fourth-order valence-electron chi connectivity index (χ4n) is 3.35. The van der Waals surface area contributed by atoms with Crippen molar-refractivity contribution in [3.8, 4) is 0 Å². The number of amides is 1. The molecule has 0 saturated heterocycles. The summed E-state index contributed by atoms with van der Waals surface area (Å²) in [6.45, 7) is 3.90. The van der Waals surface area contributed by atoms with E-state index < -0.39 is 0 Å². The zero-order valence-electron chi connectivity index (χ0n) is 17.0. The van der Waals surface area contributed by atoms with Crippen LogP contribution in [0, 0.1) is 5.82 Å². The van der Waals surface area contributed by atoms with Gasteiger partial charge in [0.15, 0.2) is 0 Å². The summed E-state index contributed by atoms with van der Waals surface area (Å²) in [5.41, 5.74) is 2.55. The van der Waals surface area contributed by atoms with Crippen LogP contribution in [0.15, 0.2) is 60.8 Å². The van der Waals surface area contributed by atoms with Crippen molar-refractivity contribution in [2.45, 2.75) is 39.3 Å². The quantitative estimate of drug-likeness (QED) is 0.331. The van der Waals surface area contributed by atoms with E-state index >= 15 is 0 Å². The lowest BCUT2D eigenvalue weighted by Crippen LogP contribution is -2.32. The van der Waals surface area contributed by atoms with Crippen LogP contribution in [-0.4, -0.2) is 21.9 Å². The summed E-state index contributed by atoms with van der Waals surface area (Å²) in [5, 5.41) is 0.801. The Morgan fingerprint density at radius 3 is 2.50 bits per heavy atom. The molecule has 0 bridgehead atoms. The Hall–Kier alpha value is -2.30. The standard InChI is InChI=1S/C24H25Cl2FN2O/c1-2-3-4-13-29(24(30)19-9-12-22(25)23(26)15-19)17-21-6-5-14-28(21)16-18-7-10-20(27)11-8-18/h5-12,14-15H,2-4,13,16-17H2,1H3. The maximum Gasteiger partial charge on any atom is 0.254 e. The summed E-state index contributed by atoms with van der Waals surface area (Å²) in [6.07, 6.45) is 5.05. The zero-order valence-corrected chi connectivity index (χ0v) is 18.5. The van der Waals surface area contributed by atoms with Crippen LogP contribution in [0.1, 0.15) is 47.8 Å². The summed E-state index contributed by atoms with van der Waals surface area (Å²) in [7, 11) is 0. The first-order chi connectivity index (χ1) is 14.5. The van der Waals surface area contributed by atoms with Crippen LogP contribution >= 0.6 is 23.2 Å². The number of halogens is 3. The summed E-state index contributed by atoms with van der Waals surface area (Å²) in [5.74, 6) is -0.319. The third kappa shape index (κ3) is 5.87. The van der Waals surface area contributed by atoms with E-state index in [1.807, 2.05) is 23.2 Å². The maximum atomic E-state index is 13.2. The zero-order chi connectivity index (χ0) is 21.5. The van der Waals surface area contributed by atoms with Crippen LogP contribution in [0.4, 0.5) is 4.39 Å². The van der Waals surface area contributed by atoms with Gasteiger partial charge in [0.2, 0.25) is 0 Å². The molecular formula is C24H25Cl2FN2O. The van der Waals surface area contributed by atoms with E-state index in [0.717, 1.165) is 30.5 Å². The smallest absolute Gasteiger partial charge is 0.254 e. The van der Waals surface area contributed by atoms with Gasteiger partial charge in [0.05, 0.1) is 16.6 Å². The normalized spacial score (nSPS) is 10.9. The van der Waals surface area contributed by atoms with Crippen molar-refractivity contribution in [1.82, 2.24) is 9.47 Å². The van der Waals surface area contributed by atoms with Gasteiger partial charge in [0.25, 0.3) is 5.91 Å². The lowest BCUT2D eigenvalue weighted by Gasteiger charge is -2.24. The third-order valence-corrected chi connectivity index (χ3v) is 5.77. The number of carbonyl (C=O) groups excluding carboxylic acids is 1. The Bertz CT molecular complexity index is 985. The molecule has 0 aliphatic heterocycles. The van der Waals surface area contributed by atoms with Gasteiger partial charge in [-0.2, -0.15) is 0 Å². The number of carbonyl (C=O) groups is 1. The van der Waals surface area contributed by atoms with Crippen LogP contribution in [0.2, 0.25) is 10.0 Å². The van der Waals surface area contributed by atoms with Crippen molar-refractivity contribution in [1.29, 1.82) is 0 Å². The van der Waals surface area contributed by atoms with E-state index in [-0.39, 0.29) is 11.7 Å². The van der Waals surface area contributed by atoms with Gasteiger partial charge in [0, 0.05) is 30.5 Å². The van der Waals surface area contributed by atoms with Crippen molar-refractivity contribution < 1.29 is 9.18 Å². The molecule has 0 unspecified atom stereocenters. The van der Waals surface area contributed by atoms with E-state index in [1.54, 1.807) is 30.3 Å². The molecule has 0 aliphatic rings. The van der Waals surface area contributed by atoms with E-state index in [2.05, 4.69) is 11.5 Å². The molecule has 0 saturated carbocycles. The van der Waals surface area contributed by atoms with Crippen LogP contribution in [0.25, 0.3) is 0 Å². The Balaban J connectivity index is 1.79. The Morgan fingerprint density at radius 1 is 1.03 bits per heavy atom. The third-order valence-electron chi connectivity index (χ3n) is 5.03. The molecule has 0 N–H and O–H groups in total. The molecule has 0 spiro atoms. The fourth-order valence-corrected chi connectivity index (χ4v) is 3.64. The number of hydrogen-bond donors (Lipinski definition) is 0. The molecule has 3 aromatic rings. The van der Waals surface area contributed by atoms with Gasteiger partial charge in [-0.15, -0.1) is 0 Å². The molecule has 0 aliphatic carbocycles. The molecular weight excluding hydrogens is 422 g/mol. The second-order valence-electron chi connectivity index (χ2n) is 7.32. The predicted molar refractivity (Wildman–Crippen MR) is 121 cm³/mol. The van der Waals surface area contributed by atoms with Crippen molar-refractivity contribution in [3.05, 3.63) is 93.5 Å². The van der Waals surface area contributed by atoms with Crippen molar-refractivity contribution in [2.24, 2.45) is 0 Å². The molecule has 3 rings (SSSR count). The summed E-state index contributed by atoms with van der Waals surface area (Å²) >= 11 is 12.1. The van der Waals surface area contributed by atoms with Crippen molar-refractivity contribution in [3.63, 3.8) is 0 Å². The van der Waals surface area contributed by atoms with Crippen LogP contribution in [0.3, 0.4) is 0 Å². The number of aromatic nitrogens is 1. The minimum atomic E-state index is -0.249. The Morgan fingerprint density at radius 2 is 1.80 bits per heavy atom. The summed E-state index contributed by atoms with van der Waals surface area (Å²) in [6, 6.07) is 15.4. The monoisotopic (exact) mass is 446 g/mol.